The van der Waals surface area contributed by atoms with Crippen molar-refractivity contribution in [2.75, 3.05) is 6.54 Å². The minimum absolute atomic E-state index is 0.00838. The maximum atomic E-state index is 12.1. The van der Waals surface area contributed by atoms with Crippen molar-refractivity contribution >= 4 is 5.91 Å². The van der Waals surface area contributed by atoms with Gasteiger partial charge in [0.05, 0.1) is 0 Å². The summed E-state index contributed by atoms with van der Waals surface area (Å²) in [5.41, 5.74) is 8.49. The lowest BCUT2D eigenvalue weighted by molar-refractivity contribution is -0.124. The normalized spacial score (nSPS) is 12.2. The van der Waals surface area contributed by atoms with Crippen LogP contribution in [0.3, 0.4) is 0 Å². The molecule has 0 aromatic heterocycles. The van der Waals surface area contributed by atoms with Crippen molar-refractivity contribution in [3.05, 3.63) is 60.7 Å². The summed E-state index contributed by atoms with van der Waals surface area (Å²) in [7, 11) is 0. The van der Waals surface area contributed by atoms with Crippen molar-refractivity contribution < 1.29 is 4.79 Å². The minimum Gasteiger partial charge on any atom is -0.354 e. The summed E-state index contributed by atoms with van der Waals surface area (Å²) in [6.07, 6.45) is 4.82. The third-order valence-corrected chi connectivity index (χ3v) is 3.80. The zero-order valence-corrected chi connectivity index (χ0v) is 13.7. The third-order valence-electron chi connectivity index (χ3n) is 3.80. The van der Waals surface area contributed by atoms with Gasteiger partial charge in [-0.25, -0.2) is 0 Å². The van der Waals surface area contributed by atoms with Crippen molar-refractivity contribution in [1.29, 1.82) is 0 Å². The number of rotatable bonds is 9. The lowest BCUT2D eigenvalue weighted by atomic mass is 9.98. The first kappa shape index (κ1) is 18.2. The van der Waals surface area contributed by atoms with Gasteiger partial charge in [-0.15, -0.1) is 13.2 Å². The molecule has 0 fully saturated rings. The van der Waals surface area contributed by atoms with Crippen LogP contribution in [0, 0.1) is 5.92 Å². The molecule has 1 aromatic carbocycles. The van der Waals surface area contributed by atoms with E-state index in [0.29, 0.717) is 25.3 Å². The van der Waals surface area contributed by atoms with E-state index in [9.17, 15) is 4.79 Å². The highest BCUT2D eigenvalue weighted by atomic mass is 16.1. The van der Waals surface area contributed by atoms with Crippen LogP contribution in [-0.4, -0.2) is 12.5 Å². The first-order valence-corrected chi connectivity index (χ1v) is 7.84. The van der Waals surface area contributed by atoms with Crippen LogP contribution in [0.5, 0.6) is 0 Å². The number of hydrogen-bond acceptors (Lipinski definition) is 2. The van der Waals surface area contributed by atoms with Gasteiger partial charge in [0.25, 0.3) is 0 Å². The smallest absolute Gasteiger partial charge is 0.223 e. The molecule has 0 spiro atoms. The summed E-state index contributed by atoms with van der Waals surface area (Å²) >= 11 is 0. The van der Waals surface area contributed by atoms with Crippen molar-refractivity contribution in [2.24, 2.45) is 11.7 Å². The van der Waals surface area contributed by atoms with Gasteiger partial charge in [-0.1, -0.05) is 50.3 Å². The quantitative estimate of drug-likeness (QED) is 0.683. The number of benzene rings is 1. The molecule has 0 aliphatic carbocycles. The van der Waals surface area contributed by atoms with E-state index in [-0.39, 0.29) is 17.9 Å². The summed E-state index contributed by atoms with van der Waals surface area (Å²) in [6, 6.07) is 8.08. The Hall–Kier alpha value is -1.87. The Bertz CT molecular complexity index is 481. The van der Waals surface area contributed by atoms with Crippen molar-refractivity contribution in [3.63, 3.8) is 0 Å². The predicted octanol–water partition coefficient (Wildman–Crippen LogP) is 3.69. The molecule has 1 aromatic rings. The largest absolute Gasteiger partial charge is 0.354 e. The van der Waals surface area contributed by atoms with E-state index in [2.05, 4.69) is 44.5 Å². The lowest BCUT2D eigenvalue weighted by Gasteiger charge is -2.17. The van der Waals surface area contributed by atoms with Crippen LogP contribution in [0.2, 0.25) is 0 Å². The fourth-order valence-electron chi connectivity index (χ4n) is 2.31. The van der Waals surface area contributed by atoms with Gasteiger partial charge in [-0.3, -0.25) is 4.79 Å². The second kappa shape index (κ2) is 9.21. The molecule has 0 bridgehead atoms. The highest BCUT2D eigenvalue weighted by molar-refractivity contribution is 5.79. The summed E-state index contributed by atoms with van der Waals surface area (Å²) in [6.45, 7) is 12.1. The predicted molar refractivity (Wildman–Crippen MR) is 93.6 cm³/mol. The molecular weight excluding hydrogens is 272 g/mol. The van der Waals surface area contributed by atoms with E-state index in [0.717, 1.165) is 5.56 Å². The summed E-state index contributed by atoms with van der Waals surface area (Å²) in [5, 5.41) is 2.93. The average Bonchev–Trinajstić information content (AvgIpc) is 2.52. The molecule has 120 valence electrons. The Morgan fingerprint density at radius 2 is 1.64 bits per heavy atom. The number of hydrogen-bond donors (Lipinski definition) is 2. The number of amides is 1. The molecule has 1 amide bonds. The highest BCUT2D eigenvalue weighted by Crippen LogP contribution is 2.17. The molecule has 0 saturated heterocycles. The highest BCUT2D eigenvalue weighted by Gasteiger charge is 2.16. The zero-order chi connectivity index (χ0) is 16.5. The topological polar surface area (TPSA) is 55.1 Å². The molecule has 3 heteroatoms. The number of carbonyl (C=O) groups is 1. The number of nitrogens with one attached hydrogen (secondary N) is 1. The average molecular weight is 300 g/mol. The summed E-state index contributed by atoms with van der Waals surface area (Å²) in [4.78, 5) is 12.1. The van der Waals surface area contributed by atoms with E-state index in [1.54, 1.807) is 12.2 Å². The Kier molecular flexibility index (Phi) is 7.61. The molecular formula is C19H28N2O. The van der Waals surface area contributed by atoms with Crippen LogP contribution in [0.4, 0.5) is 0 Å². The van der Waals surface area contributed by atoms with Gasteiger partial charge >= 0.3 is 0 Å². The lowest BCUT2D eigenvalue weighted by Crippen LogP contribution is -2.35. The maximum Gasteiger partial charge on any atom is 0.223 e. The molecule has 0 aliphatic rings. The van der Waals surface area contributed by atoms with Gasteiger partial charge < -0.3 is 11.1 Å². The maximum absolute atomic E-state index is 12.1. The van der Waals surface area contributed by atoms with Crippen molar-refractivity contribution in [2.45, 2.75) is 38.6 Å². The number of carbonyl (C=O) groups excluding carboxylic acids is 1. The molecule has 0 aliphatic heterocycles. The molecule has 0 saturated carbocycles. The first-order valence-electron chi connectivity index (χ1n) is 7.84. The van der Waals surface area contributed by atoms with Gasteiger partial charge in [-0.2, -0.15) is 0 Å². The Balaban J connectivity index is 2.57. The summed E-state index contributed by atoms with van der Waals surface area (Å²) in [5.74, 6) is 0.406. The first-order chi connectivity index (χ1) is 10.5. The Labute approximate surface area is 134 Å². The van der Waals surface area contributed by atoms with Gasteiger partial charge in [0.2, 0.25) is 5.91 Å². The van der Waals surface area contributed by atoms with Crippen LogP contribution < -0.4 is 11.1 Å². The molecule has 22 heavy (non-hydrogen) atoms. The SMILES string of the molecule is C=CCC(CC=C)C(=O)NCC(N)c1ccc(C(C)C)cc1. The molecule has 1 atom stereocenters. The van der Waals surface area contributed by atoms with Crippen LogP contribution in [-0.2, 0) is 4.79 Å². The Morgan fingerprint density at radius 3 is 2.09 bits per heavy atom. The molecule has 1 rings (SSSR count). The van der Waals surface area contributed by atoms with Gasteiger partial charge in [0.1, 0.15) is 0 Å². The molecule has 3 N–H and O–H groups in total. The van der Waals surface area contributed by atoms with Crippen LogP contribution in [0.25, 0.3) is 0 Å². The van der Waals surface area contributed by atoms with Gasteiger partial charge in [-0.05, 0) is 29.9 Å². The number of allylic oxidation sites excluding steroid dienone is 2. The fourth-order valence-corrected chi connectivity index (χ4v) is 2.31. The zero-order valence-electron chi connectivity index (χ0n) is 13.7. The Morgan fingerprint density at radius 1 is 1.14 bits per heavy atom. The van der Waals surface area contributed by atoms with Crippen molar-refractivity contribution in [3.8, 4) is 0 Å². The van der Waals surface area contributed by atoms with Crippen LogP contribution >= 0.6 is 0 Å². The summed E-state index contributed by atoms with van der Waals surface area (Å²) < 4.78 is 0. The second-order valence-electron chi connectivity index (χ2n) is 5.92. The minimum atomic E-state index is -0.196. The number of nitrogens with two attached hydrogens (primary N) is 1. The fraction of sp³-hybridized carbons (Fsp3) is 0.421. The van der Waals surface area contributed by atoms with E-state index >= 15 is 0 Å². The van der Waals surface area contributed by atoms with E-state index in [1.165, 1.54) is 5.56 Å². The van der Waals surface area contributed by atoms with Crippen LogP contribution in [0.1, 0.15) is 49.8 Å². The van der Waals surface area contributed by atoms with Gasteiger partial charge in [0.15, 0.2) is 0 Å². The third kappa shape index (κ3) is 5.49. The standard InChI is InChI=1S/C19H28N2O/c1-5-7-17(8-6-2)19(22)21-13-18(20)16-11-9-15(10-12-16)14(3)4/h5-6,9-12,14,17-18H,1-2,7-8,13,20H2,3-4H3,(H,21,22). The van der Waals surface area contributed by atoms with Gasteiger partial charge in [0, 0.05) is 18.5 Å². The second-order valence-corrected chi connectivity index (χ2v) is 5.92. The van der Waals surface area contributed by atoms with E-state index in [1.807, 2.05) is 12.1 Å². The monoisotopic (exact) mass is 300 g/mol. The molecule has 0 radical (unpaired) electrons. The molecule has 3 nitrogen and oxygen atoms in total. The van der Waals surface area contributed by atoms with Crippen LogP contribution in [0.15, 0.2) is 49.6 Å². The van der Waals surface area contributed by atoms with Crippen molar-refractivity contribution in [1.82, 2.24) is 5.32 Å². The van der Waals surface area contributed by atoms with E-state index < -0.39 is 0 Å². The molecule has 0 heterocycles. The molecule has 1 unspecified atom stereocenters. The van der Waals surface area contributed by atoms with E-state index in [4.69, 9.17) is 5.73 Å².